The quantitative estimate of drug-likeness (QED) is 0.762. The van der Waals surface area contributed by atoms with Crippen LogP contribution in [0.25, 0.3) is 0 Å². The van der Waals surface area contributed by atoms with E-state index in [1.807, 2.05) is 24.3 Å². The number of rotatable bonds is 6. The number of aliphatic hydroxyl groups is 1. The van der Waals surface area contributed by atoms with Gasteiger partial charge >= 0.3 is 0 Å². The maximum absolute atomic E-state index is 13.3. The Morgan fingerprint density at radius 3 is 2.93 bits per heavy atom. The van der Waals surface area contributed by atoms with Gasteiger partial charge in [-0.3, -0.25) is 14.8 Å². The summed E-state index contributed by atoms with van der Waals surface area (Å²) in [6.45, 7) is 7.35. The molecule has 1 amide bonds. The Balaban J connectivity index is 1.45. The molecule has 7 heteroatoms. The molecule has 162 valence electrons. The van der Waals surface area contributed by atoms with Crippen LogP contribution in [-0.4, -0.2) is 63.4 Å². The second kappa shape index (κ2) is 8.40. The second-order valence-electron chi connectivity index (χ2n) is 8.89. The second-order valence-corrected chi connectivity index (χ2v) is 8.89. The zero-order chi connectivity index (χ0) is 21.3. The number of hydrogen-bond acceptors (Lipinski definition) is 5. The number of methoxy groups -OCH3 is 1. The summed E-state index contributed by atoms with van der Waals surface area (Å²) in [5.74, 6) is 0.957. The lowest BCUT2D eigenvalue weighted by Gasteiger charge is -2.41. The van der Waals surface area contributed by atoms with Crippen LogP contribution in [0.4, 0.5) is 0 Å². The van der Waals surface area contributed by atoms with Crippen molar-refractivity contribution in [1.29, 1.82) is 0 Å². The number of ether oxygens (including phenoxy) is 1. The van der Waals surface area contributed by atoms with Crippen molar-refractivity contribution in [1.82, 2.24) is 20.0 Å². The molecule has 0 bridgehead atoms. The summed E-state index contributed by atoms with van der Waals surface area (Å²) in [4.78, 5) is 17.2. The van der Waals surface area contributed by atoms with Crippen molar-refractivity contribution in [3.63, 3.8) is 0 Å². The predicted octanol–water partition coefficient (Wildman–Crippen LogP) is 2.45. The van der Waals surface area contributed by atoms with E-state index in [1.165, 1.54) is 11.3 Å². The number of benzene rings is 1. The average molecular weight is 413 g/mol. The molecule has 3 heterocycles. The number of carbonyl (C=O) groups is 1. The number of aromatic nitrogens is 2. The summed E-state index contributed by atoms with van der Waals surface area (Å²) in [7, 11) is 1.64. The molecule has 2 aliphatic rings. The molecule has 2 N–H and O–H groups in total. The zero-order valence-electron chi connectivity index (χ0n) is 18.1. The Bertz CT molecular complexity index is 910. The highest BCUT2D eigenvalue weighted by molar-refractivity contribution is 5.86. The number of amides is 1. The van der Waals surface area contributed by atoms with Crippen LogP contribution in [0, 0.1) is 0 Å². The molecule has 30 heavy (non-hydrogen) atoms. The number of H-pyrrole nitrogens is 1. The van der Waals surface area contributed by atoms with Crippen molar-refractivity contribution in [2.45, 2.75) is 57.7 Å². The molecule has 0 spiro atoms. The first-order valence-corrected chi connectivity index (χ1v) is 10.8. The summed E-state index contributed by atoms with van der Waals surface area (Å²) in [5, 5.41) is 19.0. The van der Waals surface area contributed by atoms with E-state index >= 15 is 0 Å². The monoisotopic (exact) mass is 412 g/mol. The van der Waals surface area contributed by atoms with E-state index in [4.69, 9.17) is 4.74 Å². The van der Waals surface area contributed by atoms with Crippen LogP contribution in [0.15, 0.2) is 24.3 Å². The van der Waals surface area contributed by atoms with Crippen molar-refractivity contribution >= 4 is 5.91 Å². The van der Waals surface area contributed by atoms with Gasteiger partial charge in [-0.2, -0.15) is 5.10 Å². The number of piperidine rings is 1. The van der Waals surface area contributed by atoms with Gasteiger partial charge in [-0.15, -0.1) is 0 Å². The molecule has 1 aromatic carbocycles. The predicted molar refractivity (Wildman–Crippen MR) is 114 cm³/mol. The van der Waals surface area contributed by atoms with Gasteiger partial charge in [0.25, 0.3) is 5.91 Å². The SMILES string of the molecule is COc1cccc(CN2CCC[C@@](O)(CN3CCc4[nH]nc(C(C)C)c4C3)C2=O)c1. The number of aromatic amines is 1. The molecule has 1 saturated heterocycles. The Labute approximate surface area is 178 Å². The third kappa shape index (κ3) is 4.09. The zero-order valence-corrected chi connectivity index (χ0v) is 18.1. The number of nitrogens with zero attached hydrogens (tertiary/aromatic N) is 3. The summed E-state index contributed by atoms with van der Waals surface area (Å²) < 4.78 is 5.29. The topological polar surface area (TPSA) is 81.7 Å². The maximum atomic E-state index is 13.3. The third-order valence-corrected chi connectivity index (χ3v) is 6.29. The summed E-state index contributed by atoms with van der Waals surface area (Å²) in [6.07, 6.45) is 2.17. The smallest absolute Gasteiger partial charge is 0.256 e. The molecule has 0 radical (unpaired) electrons. The Hall–Kier alpha value is -2.38. The molecular formula is C23H32N4O3. The summed E-state index contributed by atoms with van der Waals surface area (Å²) >= 11 is 0. The van der Waals surface area contributed by atoms with E-state index in [-0.39, 0.29) is 5.91 Å². The maximum Gasteiger partial charge on any atom is 0.256 e. The molecule has 2 aliphatic heterocycles. The fourth-order valence-corrected chi connectivity index (χ4v) is 4.71. The first-order chi connectivity index (χ1) is 14.4. The van der Waals surface area contributed by atoms with E-state index < -0.39 is 5.60 Å². The lowest BCUT2D eigenvalue weighted by Crippen LogP contribution is -2.58. The van der Waals surface area contributed by atoms with Gasteiger partial charge in [0.2, 0.25) is 0 Å². The van der Waals surface area contributed by atoms with Gasteiger partial charge in [0, 0.05) is 50.4 Å². The Kier molecular flexibility index (Phi) is 5.84. The lowest BCUT2D eigenvalue weighted by atomic mass is 9.89. The van der Waals surface area contributed by atoms with Crippen LogP contribution >= 0.6 is 0 Å². The van der Waals surface area contributed by atoms with E-state index in [9.17, 15) is 9.90 Å². The van der Waals surface area contributed by atoms with E-state index in [1.54, 1.807) is 12.0 Å². The first kappa shape index (κ1) is 20.9. The van der Waals surface area contributed by atoms with Crippen LogP contribution in [0.1, 0.15) is 55.1 Å². The van der Waals surface area contributed by atoms with Gasteiger partial charge in [0.05, 0.1) is 12.8 Å². The van der Waals surface area contributed by atoms with Gasteiger partial charge in [-0.1, -0.05) is 26.0 Å². The van der Waals surface area contributed by atoms with Crippen LogP contribution in [0.2, 0.25) is 0 Å². The van der Waals surface area contributed by atoms with Gasteiger partial charge < -0.3 is 14.7 Å². The number of carbonyl (C=O) groups excluding carboxylic acids is 1. The molecule has 1 atom stereocenters. The minimum Gasteiger partial charge on any atom is -0.497 e. The molecule has 0 saturated carbocycles. The van der Waals surface area contributed by atoms with E-state index in [0.29, 0.717) is 32.0 Å². The minimum absolute atomic E-state index is 0.168. The van der Waals surface area contributed by atoms with Crippen molar-refractivity contribution in [3.8, 4) is 5.75 Å². The number of β-amino-alcohol motifs (C(OH)–C–C–N with tert-alkyl or cyclic N) is 1. The molecule has 0 aliphatic carbocycles. The molecule has 4 rings (SSSR count). The largest absolute Gasteiger partial charge is 0.497 e. The fraction of sp³-hybridized carbons (Fsp3) is 0.565. The van der Waals surface area contributed by atoms with Gasteiger partial charge in [0.15, 0.2) is 5.60 Å². The highest BCUT2D eigenvalue weighted by Crippen LogP contribution is 2.30. The van der Waals surface area contributed by atoms with Crippen molar-refractivity contribution in [2.24, 2.45) is 0 Å². The summed E-state index contributed by atoms with van der Waals surface area (Å²) in [5.41, 5.74) is 3.19. The van der Waals surface area contributed by atoms with Crippen LogP contribution in [-0.2, 0) is 24.3 Å². The van der Waals surface area contributed by atoms with Gasteiger partial charge in [0.1, 0.15) is 5.75 Å². The number of hydrogen-bond donors (Lipinski definition) is 2. The van der Waals surface area contributed by atoms with Crippen molar-refractivity contribution < 1.29 is 14.6 Å². The van der Waals surface area contributed by atoms with Gasteiger partial charge in [-0.05, 0) is 36.5 Å². The number of fused-ring (bicyclic) bond motifs is 1. The first-order valence-electron chi connectivity index (χ1n) is 10.8. The van der Waals surface area contributed by atoms with E-state index in [2.05, 4.69) is 28.9 Å². The molecular weight excluding hydrogens is 380 g/mol. The van der Waals surface area contributed by atoms with Crippen molar-refractivity contribution in [2.75, 3.05) is 26.7 Å². The van der Waals surface area contributed by atoms with Gasteiger partial charge in [-0.25, -0.2) is 0 Å². The summed E-state index contributed by atoms with van der Waals surface area (Å²) in [6, 6.07) is 7.75. The lowest BCUT2D eigenvalue weighted by molar-refractivity contribution is -0.160. The number of nitrogens with one attached hydrogen (secondary N) is 1. The van der Waals surface area contributed by atoms with Crippen LogP contribution in [0.3, 0.4) is 0 Å². The standard InChI is InChI=1S/C23H32N4O3/c1-16(2)21-19-14-26(11-8-20(19)24-25-21)15-23(29)9-5-10-27(22(23)28)13-17-6-4-7-18(12-17)30-3/h4,6-7,12,16,29H,5,8-11,13-15H2,1-3H3,(H,24,25)/t23-/m1/s1. The normalized spacial score (nSPS) is 22.4. The van der Waals surface area contributed by atoms with Crippen LogP contribution in [0.5, 0.6) is 5.75 Å². The molecule has 1 fully saturated rings. The van der Waals surface area contributed by atoms with E-state index in [0.717, 1.165) is 42.9 Å². The molecule has 2 aromatic rings. The molecule has 7 nitrogen and oxygen atoms in total. The Morgan fingerprint density at radius 1 is 1.33 bits per heavy atom. The van der Waals surface area contributed by atoms with Crippen LogP contribution < -0.4 is 4.74 Å². The highest BCUT2D eigenvalue weighted by Gasteiger charge is 2.44. The third-order valence-electron chi connectivity index (χ3n) is 6.29. The average Bonchev–Trinajstić information content (AvgIpc) is 3.15. The molecule has 0 unspecified atom stereocenters. The van der Waals surface area contributed by atoms with Crippen molar-refractivity contribution in [3.05, 3.63) is 46.8 Å². The fourth-order valence-electron chi connectivity index (χ4n) is 4.71. The number of likely N-dealkylation sites (tertiary alicyclic amines) is 1. The molecule has 1 aromatic heterocycles. The highest BCUT2D eigenvalue weighted by atomic mass is 16.5. The minimum atomic E-state index is -1.34. The Morgan fingerprint density at radius 2 is 2.17 bits per heavy atom.